The van der Waals surface area contributed by atoms with Gasteiger partial charge in [-0.05, 0) is 37.1 Å². The second-order valence-corrected chi connectivity index (χ2v) is 6.71. The fourth-order valence-corrected chi connectivity index (χ4v) is 4.21. The molecule has 0 spiro atoms. The molecule has 1 aromatic rings. The van der Waals surface area contributed by atoms with Crippen molar-refractivity contribution in [3.63, 3.8) is 0 Å². The van der Waals surface area contributed by atoms with Gasteiger partial charge in [0.15, 0.2) is 0 Å². The first-order chi connectivity index (χ1) is 9.34. The molecule has 0 radical (unpaired) electrons. The normalized spacial score (nSPS) is 12.1. The molecule has 0 aliphatic carbocycles. The maximum atomic E-state index is 13.3. The van der Waals surface area contributed by atoms with Crippen LogP contribution in [0, 0.1) is 19.7 Å². The predicted molar refractivity (Wildman–Crippen MR) is 77.2 cm³/mol. The Hall–Kier alpha value is -0.690. The maximum Gasteiger partial charge on any atom is 0.243 e. The molecule has 0 atom stereocenters. The maximum absolute atomic E-state index is 13.3. The van der Waals surface area contributed by atoms with Crippen LogP contribution in [-0.2, 0) is 14.8 Å². The minimum Gasteiger partial charge on any atom is -0.383 e. The van der Waals surface area contributed by atoms with E-state index in [1.807, 2.05) is 0 Å². The van der Waals surface area contributed by atoms with Gasteiger partial charge in [-0.25, -0.2) is 12.8 Å². The second-order valence-electron chi connectivity index (χ2n) is 4.45. The zero-order chi connectivity index (χ0) is 15.3. The lowest BCUT2D eigenvalue weighted by atomic mass is 10.1. The van der Waals surface area contributed by atoms with Gasteiger partial charge in [0.1, 0.15) is 5.82 Å². The Kier molecular flexibility index (Phi) is 6.39. The molecule has 0 fully saturated rings. The molecule has 0 heterocycles. The SMILES string of the molecule is COCCN(CCCl)S(=O)(=O)c1c(C)cc(F)cc1C. The first-order valence-corrected chi connectivity index (χ1v) is 8.13. The summed E-state index contributed by atoms with van der Waals surface area (Å²) < 4.78 is 44.8. The van der Waals surface area contributed by atoms with E-state index in [0.29, 0.717) is 11.1 Å². The highest BCUT2D eigenvalue weighted by Gasteiger charge is 2.27. The van der Waals surface area contributed by atoms with Crippen molar-refractivity contribution in [2.24, 2.45) is 0 Å². The van der Waals surface area contributed by atoms with Crippen LogP contribution in [0.15, 0.2) is 17.0 Å². The fraction of sp³-hybridized carbons (Fsp3) is 0.538. The predicted octanol–water partition coefficient (Wildman–Crippen LogP) is 2.32. The zero-order valence-corrected chi connectivity index (χ0v) is 13.4. The number of nitrogens with zero attached hydrogens (tertiary/aromatic N) is 1. The van der Waals surface area contributed by atoms with E-state index in [1.165, 1.54) is 23.5 Å². The molecule has 0 unspecified atom stereocenters. The largest absolute Gasteiger partial charge is 0.383 e. The highest BCUT2D eigenvalue weighted by Crippen LogP contribution is 2.24. The van der Waals surface area contributed by atoms with Crippen LogP contribution in [0.25, 0.3) is 0 Å². The summed E-state index contributed by atoms with van der Waals surface area (Å²) in [7, 11) is -2.21. The van der Waals surface area contributed by atoms with Crippen LogP contribution in [0.2, 0.25) is 0 Å². The molecular weight excluding hydrogens is 305 g/mol. The summed E-state index contributed by atoms with van der Waals surface area (Å²) in [4.78, 5) is 0.139. The minimum absolute atomic E-state index is 0.139. The van der Waals surface area contributed by atoms with E-state index in [1.54, 1.807) is 13.8 Å². The monoisotopic (exact) mass is 323 g/mol. The lowest BCUT2D eigenvalue weighted by molar-refractivity contribution is 0.180. The summed E-state index contributed by atoms with van der Waals surface area (Å²) in [6, 6.07) is 2.43. The van der Waals surface area contributed by atoms with Gasteiger partial charge in [-0.2, -0.15) is 4.31 Å². The Balaban J connectivity index is 3.26. The molecule has 4 nitrogen and oxygen atoms in total. The standard InChI is InChI=1S/C13H19ClFNO3S/c1-10-8-12(15)9-11(2)13(10)20(17,18)16(5-4-14)6-7-19-3/h8-9H,4-7H2,1-3H3. The Morgan fingerprint density at radius 1 is 1.25 bits per heavy atom. The number of sulfonamides is 1. The number of aryl methyl sites for hydroxylation is 2. The molecule has 0 saturated heterocycles. The molecule has 0 aliphatic heterocycles. The zero-order valence-electron chi connectivity index (χ0n) is 11.8. The molecule has 114 valence electrons. The number of hydrogen-bond acceptors (Lipinski definition) is 3. The van der Waals surface area contributed by atoms with Gasteiger partial charge in [0.05, 0.1) is 11.5 Å². The van der Waals surface area contributed by atoms with Gasteiger partial charge >= 0.3 is 0 Å². The van der Waals surface area contributed by atoms with Crippen LogP contribution in [0.4, 0.5) is 4.39 Å². The van der Waals surface area contributed by atoms with E-state index in [9.17, 15) is 12.8 Å². The summed E-state index contributed by atoms with van der Waals surface area (Å²) in [5.41, 5.74) is 0.777. The molecule has 0 bridgehead atoms. The number of methoxy groups -OCH3 is 1. The van der Waals surface area contributed by atoms with Crippen molar-refractivity contribution in [3.8, 4) is 0 Å². The lowest BCUT2D eigenvalue weighted by Crippen LogP contribution is -2.36. The molecule has 1 aromatic carbocycles. The summed E-state index contributed by atoms with van der Waals surface area (Å²) in [5.74, 6) is -0.262. The van der Waals surface area contributed by atoms with Gasteiger partial charge in [0.25, 0.3) is 0 Å². The molecule has 0 saturated carbocycles. The highest BCUT2D eigenvalue weighted by atomic mass is 35.5. The Morgan fingerprint density at radius 3 is 2.25 bits per heavy atom. The topological polar surface area (TPSA) is 46.6 Å². The van der Waals surface area contributed by atoms with Crippen molar-refractivity contribution >= 4 is 21.6 Å². The van der Waals surface area contributed by atoms with E-state index in [2.05, 4.69) is 0 Å². The van der Waals surface area contributed by atoms with Crippen LogP contribution in [0.1, 0.15) is 11.1 Å². The molecule has 20 heavy (non-hydrogen) atoms. The number of halogens is 2. The van der Waals surface area contributed by atoms with Crippen LogP contribution >= 0.6 is 11.6 Å². The molecule has 1 rings (SSSR count). The number of rotatable bonds is 7. The fourth-order valence-electron chi connectivity index (χ4n) is 2.07. The number of ether oxygens (including phenoxy) is 1. The van der Waals surface area contributed by atoms with Gasteiger partial charge in [0, 0.05) is 26.1 Å². The van der Waals surface area contributed by atoms with Crippen LogP contribution < -0.4 is 0 Å². The van der Waals surface area contributed by atoms with Crippen LogP contribution in [-0.4, -0.2) is 45.4 Å². The first kappa shape index (κ1) is 17.4. The molecule has 7 heteroatoms. The molecular formula is C13H19ClFNO3S. The molecule has 0 aromatic heterocycles. The Labute approximate surface area is 124 Å². The minimum atomic E-state index is -3.71. The summed E-state index contributed by atoms with van der Waals surface area (Å²) >= 11 is 5.67. The van der Waals surface area contributed by atoms with Crippen molar-refractivity contribution in [1.29, 1.82) is 0 Å². The first-order valence-electron chi connectivity index (χ1n) is 6.16. The van der Waals surface area contributed by atoms with Crippen molar-refractivity contribution in [2.75, 3.05) is 32.7 Å². The quantitative estimate of drug-likeness (QED) is 0.723. The van der Waals surface area contributed by atoms with Crippen LogP contribution in [0.5, 0.6) is 0 Å². The third-order valence-corrected chi connectivity index (χ3v) is 5.28. The third-order valence-electron chi connectivity index (χ3n) is 2.90. The van der Waals surface area contributed by atoms with Gasteiger partial charge in [-0.15, -0.1) is 11.6 Å². The Morgan fingerprint density at radius 2 is 1.80 bits per heavy atom. The van der Waals surface area contributed by atoms with Gasteiger partial charge in [-0.3, -0.25) is 0 Å². The van der Waals surface area contributed by atoms with E-state index < -0.39 is 15.8 Å². The van der Waals surface area contributed by atoms with E-state index >= 15 is 0 Å². The average molecular weight is 324 g/mol. The lowest BCUT2D eigenvalue weighted by Gasteiger charge is -2.23. The van der Waals surface area contributed by atoms with Crippen molar-refractivity contribution in [1.82, 2.24) is 4.31 Å². The molecule has 0 aliphatic rings. The second kappa shape index (κ2) is 7.36. The van der Waals surface area contributed by atoms with Gasteiger partial charge < -0.3 is 4.74 Å². The van der Waals surface area contributed by atoms with Gasteiger partial charge in [-0.1, -0.05) is 0 Å². The average Bonchev–Trinajstić information content (AvgIpc) is 2.32. The van der Waals surface area contributed by atoms with Crippen molar-refractivity contribution in [2.45, 2.75) is 18.7 Å². The van der Waals surface area contributed by atoms with E-state index in [4.69, 9.17) is 16.3 Å². The van der Waals surface area contributed by atoms with E-state index in [0.717, 1.165) is 0 Å². The summed E-state index contributed by atoms with van der Waals surface area (Å²) in [6.45, 7) is 3.83. The molecule has 0 N–H and O–H groups in total. The number of alkyl halides is 1. The number of benzene rings is 1. The van der Waals surface area contributed by atoms with Crippen molar-refractivity contribution in [3.05, 3.63) is 29.1 Å². The van der Waals surface area contributed by atoms with Crippen LogP contribution in [0.3, 0.4) is 0 Å². The number of hydrogen-bond donors (Lipinski definition) is 0. The van der Waals surface area contributed by atoms with Gasteiger partial charge in [0.2, 0.25) is 10.0 Å². The van der Waals surface area contributed by atoms with Crippen molar-refractivity contribution < 1.29 is 17.5 Å². The molecule has 0 amide bonds. The smallest absolute Gasteiger partial charge is 0.243 e. The highest BCUT2D eigenvalue weighted by molar-refractivity contribution is 7.89. The summed E-state index contributed by atoms with van der Waals surface area (Å²) in [5, 5.41) is 0. The summed E-state index contributed by atoms with van der Waals surface area (Å²) in [6.07, 6.45) is 0. The third kappa shape index (κ3) is 3.91. The van der Waals surface area contributed by atoms with E-state index in [-0.39, 0.29) is 30.5 Å². The Bertz CT molecular complexity index is 540.